The number of pyridine rings is 1. The van der Waals surface area contributed by atoms with E-state index in [2.05, 4.69) is 9.88 Å². The lowest BCUT2D eigenvalue weighted by Gasteiger charge is -2.28. The molecule has 1 unspecified atom stereocenters. The van der Waals surface area contributed by atoms with Crippen LogP contribution in [-0.4, -0.2) is 29.3 Å². The lowest BCUT2D eigenvalue weighted by Crippen LogP contribution is -2.30. The van der Waals surface area contributed by atoms with E-state index in [-0.39, 0.29) is 12.4 Å². The van der Waals surface area contributed by atoms with Gasteiger partial charge in [-0.3, -0.25) is 4.98 Å². The molecule has 1 fully saturated rings. The minimum absolute atomic E-state index is 0.192. The summed E-state index contributed by atoms with van der Waals surface area (Å²) >= 11 is 0. The largest absolute Gasteiger partial charge is 0.396 e. The van der Waals surface area contributed by atoms with Gasteiger partial charge in [-0.2, -0.15) is 0 Å². The summed E-state index contributed by atoms with van der Waals surface area (Å²) in [6.45, 7) is 3.11. The van der Waals surface area contributed by atoms with Crippen molar-refractivity contribution in [3.8, 4) is 0 Å². The van der Waals surface area contributed by atoms with Crippen LogP contribution in [0.5, 0.6) is 0 Å². The Morgan fingerprint density at radius 1 is 1.40 bits per heavy atom. The van der Waals surface area contributed by atoms with E-state index in [1.807, 2.05) is 13.0 Å². The summed E-state index contributed by atoms with van der Waals surface area (Å²) in [7, 11) is 0. The normalized spacial score (nSPS) is 18.9. The van der Waals surface area contributed by atoms with Crippen LogP contribution in [0.1, 0.15) is 25.0 Å². The lowest BCUT2D eigenvalue weighted by molar-refractivity contribution is 0.276. The number of benzene rings is 1. The minimum Gasteiger partial charge on any atom is -0.396 e. The molecule has 2 aromatic rings. The molecule has 1 aromatic heterocycles. The van der Waals surface area contributed by atoms with Gasteiger partial charge in [0.05, 0.1) is 5.52 Å². The summed E-state index contributed by atoms with van der Waals surface area (Å²) in [6.07, 6.45) is 2.96. The predicted molar refractivity (Wildman–Crippen MR) is 78.5 cm³/mol. The fraction of sp³-hybridized carbons (Fsp3) is 0.438. The van der Waals surface area contributed by atoms with Crippen LogP contribution in [0.25, 0.3) is 10.9 Å². The second-order valence-corrected chi connectivity index (χ2v) is 5.45. The molecule has 2 heterocycles. The van der Waals surface area contributed by atoms with Crippen LogP contribution in [0, 0.1) is 12.7 Å². The third kappa shape index (κ3) is 2.36. The Morgan fingerprint density at radius 2 is 2.25 bits per heavy atom. The van der Waals surface area contributed by atoms with Gasteiger partial charge in [0.25, 0.3) is 0 Å². The topological polar surface area (TPSA) is 36.4 Å². The van der Waals surface area contributed by atoms with Crippen molar-refractivity contribution >= 4 is 16.6 Å². The SMILES string of the molecule is Cc1cc(N2CCCC2CCO)c2cc(F)ccc2n1. The minimum atomic E-state index is -0.234. The van der Waals surface area contributed by atoms with Crippen molar-refractivity contribution in [3.63, 3.8) is 0 Å². The average molecular weight is 274 g/mol. The van der Waals surface area contributed by atoms with Gasteiger partial charge in [0, 0.05) is 36.0 Å². The Hall–Kier alpha value is -1.68. The van der Waals surface area contributed by atoms with Crippen LogP contribution in [0.3, 0.4) is 0 Å². The molecule has 4 heteroatoms. The lowest BCUT2D eigenvalue weighted by atomic mass is 10.1. The van der Waals surface area contributed by atoms with Crippen molar-refractivity contribution in [1.29, 1.82) is 0 Å². The molecule has 1 aromatic carbocycles. The number of anilines is 1. The number of hydrogen-bond acceptors (Lipinski definition) is 3. The molecule has 106 valence electrons. The van der Waals surface area contributed by atoms with Gasteiger partial charge in [-0.1, -0.05) is 0 Å². The molecular weight excluding hydrogens is 255 g/mol. The number of nitrogens with zero attached hydrogens (tertiary/aromatic N) is 2. The Kier molecular flexibility index (Phi) is 3.57. The number of aliphatic hydroxyl groups excluding tert-OH is 1. The molecule has 3 nitrogen and oxygen atoms in total. The number of rotatable bonds is 3. The van der Waals surface area contributed by atoms with Crippen molar-refractivity contribution < 1.29 is 9.50 Å². The second kappa shape index (κ2) is 5.37. The molecule has 1 N–H and O–H groups in total. The fourth-order valence-electron chi connectivity index (χ4n) is 3.15. The molecule has 1 aliphatic rings. The monoisotopic (exact) mass is 274 g/mol. The molecule has 0 aliphatic carbocycles. The van der Waals surface area contributed by atoms with Crippen molar-refractivity contribution in [2.75, 3.05) is 18.1 Å². The molecule has 1 saturated heterocycles. The van der Waals surface area contributed by atoms with Crippen molar-refractivity contribution in [2.24, 2.45) is 0 Å². The van der Waals surface area contributed by atoms with E-state index < -0.39 is 0 Å². The van der Waals surface area contributed by atoms with Crippen molar-refractivity contribution in [2.45, 2.75) is 32.2 Å². The van der Waals surface area contributed by atoms with E-state index in [0.29, 0.717) is 6.04 Å². The van der Waals surface area contributed by atoms with Crippen molar-refractivity contribution in [3.05, 3.63) is 35.8 Å². The number of aryl methyl sites for hydroxylation is 1. The zero-order valence-corrected chi connectivity index (χ0v) is 11.6. The van der Waals surface area contributed by atoms with Gasteiger partial charge in [-0.25, -0.2) is 4.39 Å². The molecule has 20 heavy (non-hydrogen) atoms. The first-order valence-electron chi connectivity index (χ1n) is 7.13. The second-order valence-electron chi connectivity index (χ2n) is 5.45. The maximum absolute atomic E-state index is 13.6. The molecule has 1 aliphatic heterocycles. The molecule has 0 saturated carbocycles. The predicted octanol–water partition coefficient (Wildman–Crippen LogP) is 3.03. The average Bonchev–Trinajstić information content (AvgIpc) is 2.87. The van der Waals surface area contributed by atoms with Gasteiger partial charge in [0.2, 0.25) is 0 Å². The smallest absolute Gasteiger partial charge is 0.124 e. The Balaban J connectivity index is 2.12. The van der Waals surface area contributed by atoms with Gasteiger partial charge in [-0.15, -0.1) is 0 Å². The van der Waals surface area contributed by atoms with Gasteiger partial charge >= 0.3 is 0 Å². The highest BCUT2D eigenvalue weighted by atomic mass is 19.1. The van der Waals surface area contributed by atoms with E-state index in [1.165, 1.54) is 6.07 Å². The van der Waals surface area contributed by atoms with Gasteiger partial charge < -0.3 is 10.0 Å². The first-order chi connectivity index (χ1) is 9.69. The van der Waals surface area contributed by atoms with E-state index in [1.54, 1.807) is 12.1 Å². The Morgan fingerprint density at radius 3 is 3.05 bits per heavy atom. The summed E-state index contributed by atoms with van der Waals surface area (Å²) in [5.41, 5.74) is 2.81. The third-order valence-corrected chi connectivity index (χ3v) is 4.03. The zero-order valence-electron chi connectivity index (χ0n) is 11.6. The molecule has 0 amide bonds. The summed E-state index contributed by atoms with van der Waals surface area (Å²) in [4.78, 5) is 6.78. The van der Waals surface area contributed by atoms with Crippen molar-refractivity contribution in [1.82, 2.24) is 4.98 Å². The van der Waals surface area contributed by atoms with Crippen LogP contribution in [-0.2, 0) is 0 Å². The standard InChI is InChI=1S/C16H19FN2O/c1-11-9-16(19-7-2-3-13(19)6-8-20)14-10-12(17)4-5-15(14)18-11/h4-5,9-10,13,20H,2-3,6-8H2,1H3. The maximum atomic E-state index is 13.6. The van der Waals surface area contributed by atoms with Crippen LogP contribution in [0.2, 0.25) is 0 Å². The number of hydrogen-bond donors (Lipinski definition) is 1. The number of aromatic nitrogens is 1. The van der Waals surface area contributed by atoms with E-state index in [4.69, 9.17) is 0 Å². The van der Waals surface area contributed by atoms with E-state index >= 15 is 0 Å². The summed E-state index contributed by atoms with van der Waals surface area (Å²) in [6, 6.07) is 7.11. The van der Waals surface area contributed by atoms with Crippen LogP contribution in [0.15, 0.2) is 24.3 Å². The Bertz CT molecular complexity index is 629. The van der Waals surface area contributed by atoms with E-state index in [0.717, 1.165) is 48.1 Å². The first-order valence-corrected chi connectivity index (χ1v) is 7.13. The highest BCUT2D eigenvalue weighted by molar-refractivity contribution is 5.92. The highest BCUT2D eigenvalue weighted by Gasteiger charge is 2.25. The maximum Gasteiger partial charge on any atom is 0.124 e. The van der Waals surface area contributed by atoms with Gasteiger partial charge in [0.1, 0.15) is 5.82 Å². The fourth-order valence-corrected chi connectivity index (χ4v) is 3.15. The number of aliphatic hydroxyl groups is 1. The molecule has 1 atom stereocenters. The number of fused-ring (bicyclic) bond motifs is 1. The summed E-state index contributed by atoms with van der Waals surface area (Å²) in [5, 5.41) is 10.1. The highest BCUT2D eigenvalue weighted by Crippen LogP contribution is 2.33. The summed E-state index contributed by atoms with van der Waals surface area (Å²) < 4.78 is 13.6. The van der Waals surface area contributed by atoms with Crippen LogP contribution in [0.4, 0.5) is 10.1 Å². The third-order valence-electron chi connectivity index (χ3n) is 4.03. The van der Waals surface area contributed by atoms with Gasteiger partial charge in [-0.05, 0) is 50.5 Å². The molecule has 0 radical (unpaired) electrons. The number of halogens is 1. The molecule has 0 spiro atoms. The first kappa shape index (κ1) is 13.3. The molecule has 3 rings (SSSR count). The molecular formula is C16H19FN2O. The van der Waals surface area contributed by atoms with E-state index in [9.17, 15) is 9.50 Å². The zero-order chi connectivity index (χ0) is 14.1. The molecule has 0 bridgehead atoms. The van der Waals surface area contributed by atoms with Gasteiger partial charge in [0.15, 0.2) is 0 Å². The van der Waals surface area contributed by atoms with Crippen LogP contribution >= 0.6 is 0 Å². The quantitative estimate of drug-likeness (QED) is 0.934. The Labute approximate surface area is 118 Å². The summed E-state index contributed by atoms with van der Waals surface area (Å²) in [5.74, 6) is -0.234. The van der Waals surface area contributed by atoms with Crippen LogP contribution < -0.4 is 4.90 Å².